The van der Waals surface area contributed by atoms with Crippen LogP contribution in [0.2, 0.25) is 10.0 Å². The molecule has 1 aliphatic heterocycles. The van der Waals surface area contributed by atoms with Crippen molar-refractivity contribution in [2.24, 2.45) is 5.92 Å². The fourth-order valence-electron chi connectivity index (χ4n) is 2.87. The van der Waals surface area contributed by atoms with Gasteiger partial charge in [0.2, 0.25) is 5.91 Å². The summed E-state index contributed by atoms with van der Waals surface area (Å²) < 4.78 is 0. The van der Waals surface area contributed by atoms with E-state index in [1.54, 1.807) is 6.07 Å². The van der Waals surface area contributed by atoms with Crippen molar-refractivity contribution in [3.05, 3.63) is 33.8 Å². The van der Waals surface area contributed by atoms with Crippen molar-refractivity contribution in [2.75, 3.05) is 13.1 Å². The van der Waals surface area contributed by atoms with E-state index in [2.05, 4.69) is 10.6 Å². The molecule has 0 saturated carbocycles. The van der Waals surface area contributed by atoms with Gasteiger partial charge in [-0.2, -0.15) is 0 Å². The molecule has 0 aliphatic carbocycles. The molecule has 1 aromatic rings. The van der Waals surface area contributed by atoms with Crippen LogP contribution in [0.3, 0.4) is 0 Å². The standard InChI is InChI=1S/C17H24Cl2N2O/c1-17(2,13-4-5-14(18)15(19)11-13)21-16(22)6-3-12-7-9-20-10-8-12/h4-5,11-12,20H,3,6-10H2,1-2H3,(H,21,22). The van der Waals surface area contributed by atoms with Crippen LogP contribution in [0.25, 0.3) is 0 Å². The van der Waals surface area contributed by atoms with Crippen molar-refractivity contribution < 1.29 is 4.79 Å². The van der Waals surface area contributed by atoms with E-state index in [0.717, 1.165) is 25.1 Å². The van der Waals surface area contributed by atoms with Crippen molar-refractivity contribution in [3.63, 3.8) is 0 Å². The van der Waals surface area contributed by atoms with Crippen LogP contribution in [0.15, 0.2) is 18.2 Å². The second-order valence-electron chi connectivity index (χ2n) is 6.53. The molecular formula is C17H24Cl2N2O. The molecule has 0 radical (unpaired) electrons. The van der Waals surface area contributed by atoms with Crippen LogP contribution in [0.4, 0.5) is 0 Å². The molecule has 22 heavy (non-hydrogen) atoms. The Labute approximate surface area is 142 Å². The van der Waals surface area contributed by atoms with E-state index < -0.39 is 5.54 Å². The first-order valence-electron chi connectivity index (χ1n) is 7.86. The number of amides is 1. The number of nitrogens with one attached hydrogen (secondary N) is 2. The molecule has 0 atom stereocenters. The highest BCUT2D eigenvalue weighted by Crippen LogP contribution is 2.28. The first-order chi connectivity index (χ1) is 10.4. The molecule has 2 rings (SSSR count). The van der Waals surface area contributed by atoms with E-state index in [1.807, 2.05) is 26.0 Å². The van der Waals surface area contributed by atoms with Crippen LogP contribution in [0.5, 0.6) is 0 Å². The van der Waals surface area contributed by atoms with Gasteiger partial charge < -0.3 is 10.6 Å². The highest BCUT2D eigenvalue weighted by Gasteiger charge is 2.24. The third-order valence-electron chi connectivity index (χ3n) is 4.33. The van der Waals surface area contributed by atoms with Crippen LogP contribution in [-0.2, 0) is 10.3 Å². The maximum absolute atomic E-state index is 12.2. The third kappa shape index (κ3) is 4.87. The average molecular weight is 343 g/mol. The molecule has 2 N–H and O–H groups in total. The number of rotatable bonds is 5. The van der Waals surface area contributed by atoms with Gasteiger partial charge in [0.25, 0.3) is 0 Å². The third-order valence-corrected chi connectivity index (χ3v) is 5.07. The molecule has 0 spiro atoms. The first-order valence-corrected chi connectivity index (χ1v) is 8.61. The Morgan fingerprint density at radius 2 is 1.95 bits per heavy atom. The van der Waals surface area contributed by atoms with Gasteiger partial charge in [-0.15, -0.1) is 0 Å². The Morgan fingerprint density at radius 3 is 2.59 bits per heavy atom. The molecular weight excluding hydrogens is 319 g/mol. The van der Waals surface area contributed by atoms with Crippen LogP contribution in [0.1, 0.15) is 45.1 Å². The second-order valence-corrected chi connectivity index (χ2v) is 7.35. The minimum atomic E-state index is -0.459. The number of carbonyl (C=O) groups excluding carboxylic acids is 1. The van der Waals surface area contributed by atoms with Crippen LogP contribution < -0.4 is 10.6 Å². The normalized spacial score (nSPS) is 16.5. The molecule has 0 bridgehead atoms. The van der Waals surface area contributed by atoms with Crippen LogP contribution in [0, 0.1) is 5.92 Å². The summed E-state index contributed by atoms with van der Waals surface area (Å²) in [6.07, 6.45) is 3.88. The maximum atomic E-state index is 12.2. The van der Waals surface area contributed by atoms with Gasteiger partial charge in [0.05, 0.1) is 15.6 Å². The largest absolute Gasteiger partial charge is 0.347 e. The summed E-state index contributed by atoms with van der Waals surface area (Å²) in [5.74, 6) is 0.759. The van der Waals surface area contributed by atoms with Gasteiger partial charge in [0.15, 0.2) is 0 Å². The van der Waals surface area contributed by atoms with Gasteiger partial charge in [0.1, 0.15) is 0 Å². The summed E-state index contributed by atoms with van der Waals surface area (Å²) in [5, 5.41) is 7.49. The number of piperidine rings is 1. The van der Waals surface area contributed by atoms with E-state index in [-0.39, 0.29) is 5.91 Å². The predicted octanol–water partition coefficient (Wildman–Crippen LogP) is 4.12. The van der Waals surface area contributed by atoms with Crippen molar-refractivity contribution in [1.29, 1.82) is 0 Å². The molecule has 1 aliphatic rings. The topological polar surface area (TPSA) is 41.1 Å². The van der Waals surface area contributed by atoms with Gasteiger partial charge in [0, 0.05) is 6.42 Å². The van der Waals surface area contributed by atoms with Crippen LogP contribution in [-0.4, -0.2) is 19.0 Å². The second kappa shape index (κ2) is 7.67. The SMILES string of the molecule is CC(C)(NC(=O)CCC1CCNCC1)c1ccc(Cl)c(Cl)c1. The minimum Gasteiger partial charge on any atom is -0.347 e. The lowest BCUT2D eigenvalue weighted by atomic mass is 9.91. The summed E-state index contributed by atoms with van der Waals surface area (Å²) in [5.41, 5.74) is 0.497. The summed E-state index contributed by atoms with van der Waals surface area (Å²) in [4.78, 5) is 12.2. The molecule has 1 heterocycles. The molecule has 0 unspecified atom stereocenters. The van der Waals surface area contributed by atoms with E-state index in [0.29, 0.717) is 22.4 Å². The lowest BCUT2D eigenvalue weighted by Gasteiger charge is -2.28. The highest BCUT2D eigenvalue weighted by atomic mass is 35.5. The number of hydrogen-bond acceptors (Lipinski definition) is 2. The molecule has 1 fully saturated rings. The Bertz CT molecular complexity index is 525. The number of halogens is 2. The number of benzene rings is 1. The first kappa shape index (κ1) is 17.6. The number of carbonyl (C=O) groups is 1. The van der Waals surface area contributed by atoms with E-state index in [9.17, 15) is 4.79 Å². The highest BCUT2D eigenvalue weighted by molar-refractivity contribution is 6.42. The molecule has 1 amide bonds. The minimum absolute atomic E-state index is 0.0922. The summed E-state index contributed by atoms with van der Waals surface area (Å²) >= 11 is 12.0. The Balaban J connectivity index is 1.89. The smallest absolute Gasteiger partial charge is 0.220 e. The van der Waals surface area contributed by atoms with Gasteiger partial charge in [-0.25, -0.2) is 0 Å². The zero-order chi connectivity index (χ0) is 16.2. The average Bonchev–Trinajstić information content (AvgIpc) is 2.48. The van der Waals surface area contributed by atoms with Gasteiger partial charge >= 0.3 is 0 Å². The lowest BCUT2D eigenvalue weighted by molar-refractivity contribution is -0.123. The molecule has 1 aromatic carbocycles. The Hall–Kier alpha value is -0.770. The quantitative estimate of drug-likeness (QED) is 0.844. The maximum Gasteiger partial charge on any atom is 0.220 e. The molecule has 0 aromatic heterocycles. The Kier molecular flexibility index (Phi) is 6.13. The van der Waals surface area contributed by atoms with Crippen LogP contribution >= 0.6 is 23.2 Å². The van der Waals surface area contributed by atoms with Crippen molar-refractivity contribution >= 4 is 29.1 Å². The fraction of sp³-hybridized carbons (Fsp3) is 0.588. The van der Waals surface area contributed by atoms with Gasteiger partial charge in [-0.05, 0) is 69.8 Å². The zero-order valence-corrected chi connectivity index (χ0v) is 14.7. The van der Waals surface area contributed by atoms with E-state index in [4.69, 9.17) is 23.2 Å². The summed E-state index contributed by atoms with van der Waals surface area (Å²) in [6.45, 7) is 6.10. The molecule has 1 saturated heterocycles. The summed E-state index contributed by atoms with van der Waals surface area (Å²) in [6, 6.07) is 5.49. The van der Waals surface area contributed by atoms with E-state index in [1.165, 1.54) is 12.8 Å². The molecule has 3 nitrogen and oxygen atoms in total. The van der Waals surface area contributed by atoms with Gasteiger partial charge in [-0.1, -0.05) is 29.3 Å². The van der Waals surface area contributed by atoms with Crippen molar-refractivity contribution in [1.82, 2.24) is 10.6 Å². The van der Waals surface area contributed by atoms with Crippen molar-refractivity contribution in [2.45, 2.75) is 45.1 Å². The molecule has 122 valence electrons. The van der Waals surface area contributed by atoms with Gasteiger partial charge in [-0.3, -0.25) is 4.79 Å². The van der Waals surface area contributed by atoms with Crippen molar-refractivity contribution in [3.8, 4) is 0 Å². The van der Waals surface area contributed by atoms with E-state index >= 15 is 0 Å². The zero-order valence-electron chi connectivity index (χ0n) is 13.2. The fourth-order valence-corrected chi connectivity index (χ4v) is 3.17. The monoisotopic (exact) mass is 342 g/mol. The summed E-state index contributed by atoms with van der Waals surface area (Å²) in [7, 11) is 0. The Morgan fingerprint density at radius 1 is 1.27 bits per heavy atom. The molecule has 5 heteroatoms. The number of hydrogen-bond donors (Lipinski definition) is 2. The predicted molar refractivity (Wildman–Crippen MR) is 92.5 cm³/mol. The lowest BCUT2D eigenvalue weighted by Crippen LogP contribution is -2.41.